The zero-order valence-corrected chi connectivity index (χ0v) is 45.6. The van der Waals surface area contributed by atoms with Gasteiger partial charge in [0, 0.05) is 19.3 Å². The summed E-state index contributed by atoms with van der Waals surface area (Å²) in [5, 5.41) is 0. The zero-order valence-electron chi connectivity index (χ0n) is 45.6. The molecule has 6 nitrogen and oxygen atoms in total. The highest BCUT2D eigenvalue weighted by Gasteiger charge is 2.19. The Hall–Kier alpha value is -3.15. The van der Waals surface area contributed by atoms with Gasteiger partial charge < -0.3 is 14.2 Å². The molecule has 0 spiro atoms. The van der Waals surface area contributed by atoms with Crippen LogP contribution >= 0.6 is 0 Å². The summed E-state index contributed by atoms with van der Waals surface area (Å²) in [5.41, 5.74) is 0. The molecule has 0 saturated heterocycles. The van der Waals surface area contributed by atoms with Crippen molar-refractivity contribution in [3.05, 3.63) is 72.9 Å². The van der Waals surface area contributed by atoms with Gasteiger partial charge in [0.2, 0.25) is 0 Å². The summed E-state index contributed by atoms with van der Waals surface area (Å²) in [7, 11) is 0. The van der Waals surface area contributed by atoms with E-state index in [4.69, 9.17) is 14.2 Å². The van der Waals surface area contributed by atoms with Gasteiger partial charge in [-0.3, -0.25) is 14.4 Å². The molecular weight excluding hydrogens is 853 g/mol. The van der Waals surface area contributed by atoms with Crippen LogP contribution in [0.25, 0.3) is 0 Å². The first kappa shape index (κ1) is 65.8. The molecule has 0 aliphatic carbocycles. The van der Waals surface area contributed by atoms with Crippen LogP contribution in [0.1, 0.15) is 290 Å². The minimum atomic E-state index is -0.815. The van der Waals surface area contributed by atoms with E-state index in [0.29, 0.717) is 19.3 Å². The maximum Gasteiger partial charge on any atom is 0.306 e. The number of carbonyl (C=O) groups excluding carboxylic acids is 3. The smallest absolute Gasteiger partial charge is 0.306 e. The molecule has 398 valence electrons. The van der Waals surface area contributed by atoms with E-state index in [-0.39, 0.29) is 31.6 Å². The zero-order chi connectivity index (χ0) is 50.0. The van der Waals surface area contributed by atoms with Crippen molar-refractivity contribution in [1.29, 1.82) is 0 Å². The second-order valence-corrected chi connectivity index (χ2v) is 19.5. The summed E-state index contributed by atoms with van der Waals surface area (Å²) in [6.07, 6.45) is 73.7. The molecule has 0 bridgehead atoms. The average molecular weight is 964 g/mol. The van der Waals surface area contributed by atoms with Crippen LogP contribution in [0.15, 0.2) is 72.9 Å². The molecule has 0 aliphatic heterocycles. The van der Waals surface area contributed by atoms with E-state index in [2.05, 4.69) is 81.5 Å². The van der Waals surface area contributed by atoms with Gasteiger partial charge in [0.05, 0.1) is 0 Å². The molecule has 0 radical (unpaired) electrons. The molecule has 69 heavy (non-hydrogen) atoms. The molecule has 0 aromatic heterocycles. The summed E-state index contributed by atoms with van der Waals surface area (Å²) in [6.45, 7) is 6.43. The number of allylic oxidation sites excluding steroid dienone is 12. The second-order valence-electron chi connectivity index (χ2n) is 19.5. The summed E-state index contributed by atoms with van der Waals surface area (Å²) in [5.74, 6) is -0.992. The van der Waals surface area contributed by atoms with Gasteiger partial charge in [-0.25, -0.2) is 0 Å². The van der Waals surface area contributed by atoms with E-state index in [1.165, 1.54) is 167 Å². The van der Waals surface area contributed by atoms with Gasteiger partial charge in [0.1, 0.15) is 13.2 Å². The lowest BCUT2D eigenvalue weighted by Gasteiger charge is -2.18. The highest BCUT2D eigenvalue weighted by Crippen LogP contribution is 2.16. The van der Waals surface area contributed by atoms with Crippen molar-refractivity contribution < 1.29 is 28.6 Å². The number of unbranched alkanes of at least 4 members (excludes halogenated alkanes) is 30. The van der Waals surface area contributed by atoms with Gasteiger partial charge in [-0.15, -0.1) is 0 Å². The van der Waals surface area contributed by atoms with Gasteiger partial charge in [-0.2, -0.15) is 0 Å². The predicted octanol–water partition coefficient (Wildman–Crippen LogP) is 19.8. The molecule has 1 atom stereocenters. The van der Waals surface area contributed by atoms with Crippen LogP contribution in [0.4, 0.5) is 0 Å². The summed E-state index contributed by atoms with van der Waals surface area (Å²) in [6, 6.07) is 0. The van der Waals surface area contributed by atoms with E-state index in [1.807, 2.05) is 12.2 Å². The minimum absolute atomic E-state index is 0.105. The monoisotopic (exact) mass is 963 g/mol. The fraction of sp³-hybridized carbons (Fsp3) is 0.762. The molecule has 0 aromatic carbocycles. The lowest BCUT2D eigenvalue weighted by Crippen LogP contribution is -2.30. The van der Waals surface area contributed by atoms with Crippen LogP contribution in [0, 0.1) is 0 Å². The predicted molar refractivity (Wildman–Crippen MR) is 298 cm³/mol. The lowest BCUT2D eigenvalue weighted by molar-refractivity contribution is -0.166. The van der Waals surface area contributed by atoms with Crippen molar-refractivity contribution in [2.45, 2.75) is 297 Å². The van der Waals surface area contributed by atoms with E-state index in [9.17, 15) is 14.4 Å². The Morgan fingerprint density at radius 2 is 0.609 bits per heavy atom. The van der Waals surface area contributed by atoms with E-state index >= 15 is 0 Å². The summed E-state index contributed by atoms with van der Waals surface area (Å²) < 4.78 is 16.7. The Morgan fingerprint density at radius 1 is 0.304 bits per heavy atom. The molecule has 0 heterocycles. The van der Waals surface area contributed by atoms with Gasteiger partial charge in [0.25, 0.3) is 0 Å². The van der Waals surface area contributed by atoms with Gasteiger partial charge >= 0.3 is 17.9 Å². The Bertz CT molecular complexity index is 1290. The molecule has 1 unspecified atom stereocenters. The highest BCUT2D eigenvalue weighted by atomic mass is 16.6. The van der Waals surface area contributed by atoms with E-state index in [1.54, 1.807) is 0 Å². The first-order valence-corrected chi connectivity index (χ1v) is 29.4. The quantitative estimate of drug-likeness (QED) is 0.0262. The van der Waals surface area contributed by atoms with Gasteiger partial charge in [-0.05, 0) is 89.9 Å². The molecule has 0 amide bonds. The number of rotatable bonds is 53. The largest absolute Gasteiger partial charge is 0.462 e. The standard InChI is InChI=1S/C63H110O6/c1-4-7-10-13-16-19-22-24-25-26-27-28-29-30-31-32-33-34-35-36-37-39-41-44-47-50-53-56-62(65)68-59-60(58-67-61(64)55-52-49-46-43-40-21-18-15-12-9-6-3)69-63(66)57-54-51-48-45-42-38-23-20-17-14-11-8-5-2/h8,11,15,17-18,20,26-27,38,42,48,51,60H,4-7,9-10,12-14,16,19,21-25,28-37,39-41,43-47,49-50,52-59H2,1-3H3/b11-8-,18-15-,20-17-,27-26-,42-38-,51-48-. The van der Waals surface area contributed by atoms with Crippen molar-refractivity contribution in [2.75, 3.05) is 13.2 Å². The third-order valence-electron chi connectivity index (χ3n) is 12.7. The normalized spacial score (nSPS) is 12.6. The number of hydrogen-bond acceptors (Lipinski definition) is 6. The van der Waals surface area contributed by atoms with Crippen molar-refractivity contribution in [2.24, 2.45) is 0 Å². The van der Waals surface area contributed by atoms with Crippen LogP contribution in [0.3, 0.4) is 0 Å². The first-order valence-electron chi connectivity index (χ1n) is 29.4. The molecule has 0 saturated carbocycles. The van der Waals surface area contributed by atoms with Crippen LogP contribution < -0.4 is 0 Å². The highest BCUT2D eigenvalue weighted by molar-refractivity contribution is 5.71. The van der Waals surface area contributed by atoms with Crippen LogP contribution in [-0.2, 0) is 28.6 Å². The van der Waals surface area contributed by atoms with Crippen molar-refractivity contribution in [1.82, 2.24) is 0 Å². The topological polar surface area (TPSA) is 78.9 Å². The van der Waals surface area contributed by atoms with Crippen LogP contribution in [0.2, 0.25) is 0 Å². The van der Waals surface area contributed by atoms with Gasteiger partial charge in [-0.1, -0.05) is 254 Å². The van der Waals surface area contributed by atoms with E-state index in [0.717, 1.165) is 77.0 Å². The molecule has 0 fully saturated rings. The number of esters is 3. The molecule has 6 heteroatoms. The van der Waals surface area contributed by atoms with Crippen LogP contribution in [0.5, 0.6) is 0 Å². The maximum atomic E-state index is 12.8. The Labute approximate surface area is 427 Å². The molecule has 0 N–H and O–H groups in total. The average Bonchev–Trinajstić information content (AvgIpc) is 3.35. The molecular formula is C63H110O6. The van der Waals surface area contributed by atoms with Gasteiger partial charge in [0.15, 0.2) is 6.10 Å². The fourth-order valence-corrected chi connectivity index (χ4v) is 8.26. The molecule has 0 aromatic rings. The fourth-order valence-electron chi connectivity index (χ4n) is 8.26. The third kappa shape index (κ3) is 55.6. The summed E-state index contributed by atoms with van der Waals surface area (Å²) in [4.78, 5) is 38.0. The third-order valence-corrected chi connectivity index (χ3v) is 12.7. The molecule has 0 aliphatic rings. The second kappa shape index (κ2) is 57.4. The van der Waals surface area contributed by atoms with Crippen molar-refractivity contribution >= 4 is 17.9 Å². The summed E-state index contributed by atoms with van der Waals surface area (Å²) >= 11 is 0. The first-order chi connectivity index (χ1) is 34.0. The Balaban J connectivity index is 4.21. The lowest BCUT2D eigenvalue weighted by atomic mass is 10.0. The number of hydrogen-bond donors (Lipinski definition) is 0. The number of carbonyl (C=O) groups is 3. The van der Waals surface area contributed by atoms with Crippen molar-refractivity contribution in [3.8, 4) is 0 Å². The SMILES string of the molecule is CC/C=C\C/C=C\C/C=C\C/C=C\CCC(=O)OC(COC(=O)CCCCCCC/C=C\CCCC)COC(=O)CCCCCCCCCCCCCCCCC/C=C\CCCCCCCCCC. The van der Waals surface area contributed by atoms with Crippen LogP contribution in [-0.4, -0.2) is 37.2 Å². The Kier molecular flexibility index (Phi) is 54.8. The van der Waals surface area contributed by atoms with Crippen molar-refractivity contribution in [3.63, 3.8) is 0 Å². The van der Waals surface area contributed by atoms with E-state index < -0.39 is 12.1 Å². The number of ether oxygens (including phenoxy) is 3. The Morgan fingerprint density at radius 3 is 0.986 bits per heavy atom. The maximum absolute atomic E-state index is 12.8. The molecule has 0 rings (SSSR count). The minimum Gasteiger partial charge on any atom is -0.462 e.